The average Bonchev–Trinajstić information content (AvgIpc) is 2.60. The first kappa shape index (κ1) is 21.8. The van der Waals surface area contributed by atoms with E-state index in [0.29, 0.717) is 12.0 Å². The van der Waals surface area contributed by atoms with Gasteiger partial charge in [0.25, 0.3) is 0 Å². The second kappa shape index (κ2) is 12.2. The van der Waals surface area contributed by atoms with Gasteiger partial charge < -0.3 is 9.47 Å². The molecule has 0 N–H and O–H groups in total. The summed E-state index contributed by atoms with van der Waals surface area (Å²) in [6, 6.07) is 6.86. The van der Waals surface area contributed by atoms with Crippen LogP contribution in [0.15, 0.2) is 18.2 Å². The third-order valence-electron chi connectivity index (χ3n) is 4.76. The summed E-state index contributed by atoms with van der Waals surface area (Å²) in [7, 11) is 3.44. The highest BCUT2D eigenvalue weighted by molar-refractivity contribution is 5.46. The van der Waals surface area contributed by atoms with Crippen molar-refractivity contribution in [3.63, 3.8) is 0 Å². The van der Waals surface area contributed by atoms with E-state index >= 15 is 0 Å². The Labute approximate surface area is 155 Å². The van der Waals surface area contributed by atoms with E-state index in [1.54, 1.807) is 14.2 Å². The number of hydrogen-bond donors (Lipinski definition) is 0. The molecule has 3 heteroatoms. The highest BCUT2D eigenvalue weighted by Gasteiger charge is 2.21. The molecule has 0 fully saturated rings. The minimum atomic E-state index is 0.651. The Morgan fingerprint density at radius 1 is 0.960 bits per heavy atom. The van der Waals surface area contributed by atoms with Crippen LogP contribution in [0.1, 0.15) is 71.8 Å². The molecule has 1 aromatic carbocycles. The topological polar surface area (TPSA) is 21.7 Å². The molecule has 0 unspecified atom stereocenters. The molecule has 3 nitrogen and oxygen atoms in total. The van der Waals surface area contributed by atoms with Crippen LogP contribution in [-0.4, -0.2) is 31.7 Å². The fourth-order valence-electron chi connectivity index (χ4n) is 3.50. The van der Waals surface area contributed by atoms with Gasteiger partial charge in [-0.25, -0.2) is 0 Å². The molecule has 144 valence electrons. The van der Waals surface area contributed by atoms with Gasteiger partial charge in [-0.05, 0) is 24.8 Å². The minimum absolute atomic E-state index is 0.651. The van der Waals surface area contributed by atoms with Crippen molar-refractivity contribution in [3.05, 3.63) is 23.8 Å². The maximum atomic E-state index is 5.66. The van der Waals surface area contributed by atoms with Crippen molar-refractivity contribution in [2.45, 2.75) is 78.8 Å². The summed E-state index contributed by atoms with van der Waals surface area (Å²) in [5.74, 6) is 2.36. The maximum absolute atomic E-state index is 5.66. The lowest BCUT2D eigenvalue weighted by Gasteiger charge is -2.34. The predicted octanol–water partition coefficient (Wildman–Crippen LogP) is 5.91. The van der Waals surface area contributed by atoms with Crippen LogP contribution in [0.3, 0.4) is 0 Å². The Balaban J connectivity index is 3.03. The lowest BCUT2D eigenvalue weighted by atomic mass is 9.99. The van der Waals surface area contributed by atoms with Gasteiger partial charge in [-0.3, -0.25) is 4.90 Å². The molecule has 0 aliphatic heterocycles. The van der Waals surface area contributed by atoms with Gasteiger partial charge in [0.1, 0.15) is 0 Å². The summed E-state index contributed by atoms with van der Waals surface area (Å²) in [5, 5.41) is 0. The van der Waals surface area contributed by atoms with Crippen molar-refractivity contribution in [1.29, 1.82) is 0 Å². The lowest BCUT2D eigenvalue weighted by molar-refractivity contribution is 0.143. The number of nitrogens with zero attached hydrogens (tertiary/aromatic N) is 1. The van der Waals surface area contributed by atoms with Crippen molar-refractivity contribution in [3.8, 4) is 11.5 Å². The van der Waals surface area contributed by atoms with E-state index in [-0.39, 0.29) is 0 Å². The molecule has 0 atom stereocenters. The molecule has 0 aliphatic carbocycles. The summed E-state index contributed by atoms with van der Waals surface area (Å²) in [5.41, 5.74) is 1.22. The second-order valence-corrected chi connectivity index (χ2v) is 7.41. The van der Waals surface area contributed by atoms with Gasteiger partial charge in [0.2, 0.25) is 0 Å². The summed E-state index contributed by atoms with van der Waals surface area (Å²) in [6.45, 7) is 11.2. The molecule has 0 saturated heterocycles. The van der Waals surface area contributed by atoms with E-state index in [2.05, 4.69) is 44.7 Å². The molecular formula is C22H39NO2. The summed E-state index contributed by atoms with van der Waals surface area (Å²) in [4.78, 5) is 2.67. The van der Waals surface area contributed by atoms with Crippen molar-refractivity contribution in [2.24, 2.45) is 5.92 Å². The van der Waals surface area contributed by atoms with E-state index < -0.39 is 0 Å². The number of methoxy groups -OCH3 is 2. The molecule has 0 aliphatic rings. The first-order chi connectivity index (χ1) is 12.1. The fraction of sp³-hybridized carbons (Fsp3) is 0.727. The zero-order chi connectivity index (χ0) is 18.7. The summed E-state index contributed by atoms with van der Waals surface area (Å²) in [6.07, 6.45) is 7.71. The zero-order valence-corrected chi connectivity index (χ0v) is 17.3. The molecule has 25 heavy (non-hydrogen) atoms. The Morgan fingerprint density at radius 2 is 1.60 bits per heavy atom. The third-order valence-corrected chi connectivity index (χ3v) is 4.76. The molecular weight excluding hydrogens is 310 g/mol. The predicted molar refractivity (Wildman–Crippen MR) is 108 cm³/mol. The monoisotopic (exact) mass is 349 g/mol. The highest BCUT2D eigenvalue weighted by atomic mass is 16.5. The van der Waals surface area contributed by atoms with Crippen LogP contribution >= 0.6 is 0 Å². The van der Waals surface area contributed by atoms with Crippen LogP contribution in [0.4, 0.5) is 0 Å². The van der Waals surface area contributed by atoms with Crippen LogP contribution < -0.4 is 9.47 Å². The van der Waals surface area contributed by atoms with Gasteiger partial charge in [-0.1, -0.05) is 65.5 Å². The standard InChI is InChI=1S/C22H39NO2/c1-7-9-13-20(14-10-8-2)23(16-18(3)4)17-19-12-11-15-21(24-5)22(19)25-6/h11-12,15,18,20H,7-10,13-14,16-17H2,1-6H3. The Kier molecular flexibility index (Phi) is 10.6. The lowest BCUT2D eigenvalue weighted by Crippen LogP contribution is -2.37. The number of benzene rings is 1. The van der Waals surface area contributed by atoms with Gasteiger partial charge in [0, 0.05) is 24.7 Å². The highest BCUT2D eigenvalue weighted by Crippen LogP contribution is 2.32. The Morgan fingerprint density at radius 3 is 2.08 bits per heavy atom. The summed E-state index contributed by atoms with van der Waals surface area (Å²) >= 11 is 0. The molecule has 0 saturated carbocycles. The number of hydrogen-bond acceptors (Lipinski definition) is 3. The molecule has 0 radical (unpaired) electrons. The first-order valence-corrected chi connectivity index (χ1v) is 10.0. The smallest absolute Gasteiger partial charge is 0.165 e. The number of para-hydroxylation sites is 1. The van der Waals surface area contributed by atoms with Crippen molar-refractivity contribution < 1.29 is 9.47 Å². The molecule has 1 rings (SSSR count). The van der Waals surface area contributed by atoms with Gasteiger partial charge in [-0.15, -0.1) is 0 Å². The quantitative estimate of drug-likeness (QED) is 0.442. The van der Waals surface area contributed by atoms with E-state index in [0.717, 1.165) is 24.6 Å². The molecule has 0 aromatic heterocycles. The second-order valence-electron chi connectivity index (χ2n) is 7.41. The van der Waals surface area contributed by atoms with Crippen molar-refractivity contribution >= 4 is 0 Å². The largest absolute Gasteiger partial charge is 0.493 e. The van der Waals surface area contributed by atoms with E-state index in [4.69, 9.17) is 9.47 Å². The molecule has 0 amide bonds. The van der Waals surface area contributed by atoms with E-state index in [1.807, 2.05) is 6.07 Å². The molecule has 0 heterocycles. The zero-order valence-electron chi connectivity index (χ0n) is 17.3. The van der Waals surface area contributed by atoms with Gasteiger partial charge in [-0.2, -0.15) is 0 Å². The molecule has 1 aromatic rings. The Hall–Kier alpha value is -1.22. The number of ether oxygens (including phenoxy) is 2. The average molecular weight is 350 g/mol. The third kappa shape index (κ3) is 7.27. The minimum Gasteiger partial charge on any atom is -0.493 e. The number of unbranched alkanes of at least 4 members (excludes halogenated alkanes) is 2. The van der Waals surface area contributed by atoms with Crippen LogP contribution in [0, 0.1) is 5.92 Å². The first-order valence-electron chi connectivity index (χ1n) is 10.0. The van der Waals surface area contributed by atoms with Gasteiger partial charge in [0.05, 0.1) is 14.2 Å². The number of rotatable bonds is 13. The summed E-state index contributed by atoms with van der Waals surface area (Å²) < 4.78 is 11.1. The van der Waals surface area contributed by atoms with E-state index in [1.165, 1.54) is 44.1 Å². The maximum Gasteiger partial charge on any atom is 0.165 e. The van der Waals surface area contributed by atoms with Gasteiger partial charge in [0.15, 0.2) is 11.5 Å². The van der Waals surface area contributed by atoms with Crippen molar-refractivity contribution in [2.75, 3.05) is 20.8 Å². The van der Waals surface area contributed by atoms with Crippen LogP contribution in [-0.2, 0) is 6.54 Å². The molecule has 0 spiro atoms. The van der Waals surface area contributed by atoms with Crippen LogP contribution in [0.25, 0.3) is 0 Å². The van der Waals surface area contributed by atoms with Crippen molar-refractivity contribution in [1.82, 2.24) is 4.90 Å². The molecule has 0 bridgehead atoms. The normalized spacial score (nSPS) is 11.6. The Bertz CT molecular complexity index is 465. The van der Waals surface area contributed by atoms with Gasteiger partial charge >= 0.3 is 0 Å². The van der Waals surface area contributed by atoms with Crippen LogP contribution in [0.2, 0.25) is 0 Å². The fourth-order valence-corrected chi connectivity index (χ4v) is 3.50. The van der Waals surface area contributed by atoms with Crippen LogP contribution in [0.5, 0.6) is 11.5 Å². The van der Waals surface area contributed by atoms with E-state index in [9.17, 15) is 0 Å². The SMILES string of the molecule is CCCCC(CCCC)N(Cc1cccc(OC)c1OC)CC(C)C.